The quantitative estimate of drug-likeness (QED) is 0.0195. The van der Waals surface area contributed by atoms with Gasteiger partial charge in [-0.2, -0.15) is 0 Å². The Morgan fingerprint density at radius 2 is 0.529 bits per heavy atom. The van der Waals surface area contributed by atoms with Gasteiger partial charge in [0.05, 0.1) is 27.7 Å². The van der Waals surface area contributed by atoms with Crippen molar-refractivity contribution in [1.82, 2.24) is 0 Å². The first-order chi connectivity index (χ1) is 50.0. The Bertz CT molecular complexity index is 2530. The zero-order chi connectivity index (χ0) is 74.0. The van der Waals surface area contributed by atoms with Gasteiger partial charge in [0.15, 0.2) is 6.10 Å². The second kappa shape index (κ2) is 79.4. The number of hydrogen-bond acceptors (Lipinski definition) is 8. The van der Waals surface area contributed by atoms with Crippen molar-refractivity contribution in [2.75, 3.05) is 47.5 Å². The zero-order valence-corrected chi connectivity index (χ0v) is 66.4. The van der Waals surface area contributed by atoms with E-state index in [0.717, 1.165) is 161 Å². The summed E-state index contributed by atoms with van der Waals surface area (Å²) in [6, 6.07) is 0. The van der Waals surface area contributed by atoms with E-state index in [1.165, 1.54) is 96.3 Å². The third kappa shape index (κ3) is 83.3. The fourth-order valence-electron chi connectivity index (χ4n) is 10.4. The van der Waals surface area contributed by atoms with Gasteiger partial charge in [-0.15, -0.1) is 0 Å². The molecule has 9 nitrogen and oxygen atoms in total. The molecule has 0 rings (SSSR count). The van der Waals surface area contributed by atoms with Gasteiger partial charge in [-0.05, 0) is 154 Å². The first-order valence-corrected chi connectivity index (χ1v) is 41.9. The lowest BCUT2D eigenvalue weighted by molar-refractivity contribution is -0.870. The zero-order valence-electron chi connectivity index (χ0n) is 65.5. The molecule has 0 aromatic rings. The molecule has 102 heavy (non-hydrogen) atoms. The Morgan fingerprint density at radius 1 is 0.304 bits per heavy atom. The number of unbranched alkanes of at least 4 members (excludes halogenated alkanes) is 22. The Morgan fingerprint density at radius 3 is 0.784 bits per heavy atom. The standard InChI is InChI=1S/C92H148NO8P/c1-6-8-10-12-14-16-18-20-22-24-26-28-30-32-34-36-38-40-42-44-45-46-47-49-51-53-55-57-59-61-63-65-67-69-71-73-75-77-79-81-83-85-92(95)101-90(89-100-102(96,97)99-87-86-93(3,4)5)88-98-91(94)84-82-80-78-76-74-72-70-68-66-64-62-60-58-56-54-52-50-48-43-41-39-37-35-33-31-29-27-25-23-21-19-17-15-13-11-9-7-2/h8-11,14-17,20-23,26-29,32-35,38-41,44-45,47-50,53-56,60,62,90H,6-7,12-13,18-19,24-25,30-31,36-37,42-43,46,51-52,57-59,61,63-89H2,1-5H3/b10-8-,11-9-,16-14-,17-15-,22-20-,23-21-,28-26-,29-27-,34-32-,35-33-,40-38-,41-39-,45-44-,49-47-,50-48-,55-53-,56-54-,62-60-. The number of carbonyl (C=O) groups excluding carboxylic acids is 2. The van der Waals surface area contributed by atoms with E-state index in [-0.39, 0.29) is 26.1 Å². The second-order valence-electron chi connectivity index (χ2n) is 27.3. The Labute approximate surface area is 627 Å². The van der Waals surface area contributed by atoms with Crippen LogP contribution in [0, 0.1) is 0 Å². The third-order valence-corrected chi connectivity index (χ3v) is 17.5. The van der Waals surface area contributed by atoms with E-state index in [1.807, 2.05) is 21.1 Å². The van der Waals surface area contributed by atoms with Crippen molar-refractivity contribution in [2.45, 2.75) is 302 Å². The molecule has 0 amide bonds. The van der Waals surface area contributed by atoms with Gasteiger partial charge in [0.2, 0.25) is 0 Å². The highest BCUT2D eigenvalue weighted by Crippen LogP contribution is 2.38. The molecular formula is C92H148NO8P. The number of hydrogen-bond donors (Lipinski definition) is 0. The van der Waals surface area contributed by atoms with E-state index >= 15 is 0 Å². The number of esters is 2. The molecule has 0 aromatic carbocycles. The molecule has 0 aliphatic carbocycles. The summed E-state index contributed by atoms with van der Waals surface area (Å²) in [6.45, 7) is 3.99. The highest BCUT2D eigenvalue weighted by molar-refractivity contribution is 7.45. The SMILES string of the molecule is CC/C=C\C/C=C\C/C=C\C/C=C\C/C=C\C/C=C\C/C=C\C/C=C\C/C=C\CCCCCCCCCCCCCCCC(=O)OC(COC(=O)CCCCCCCCCCC/C=C\C/C=C\C/C=C\C/C=C\C/C=C\C/C=C\C/C=C\C/C=C\C/C=C\CC)COP(=O)([O-])OCC[N+](C)(C)C. The fourth-order valence-corrected chi connectivity index (χ4v) is 11.1. The van der Waals surface area contributed by atoms with Crippen LogP contribution in [0.5, 0.6) is 0 Å². The number of ether oxygens (including phenoxy) is 2. The monoisotopic (exact) mass is 1430 g/mol. The van der Waals surface area contributed by atoms with E-state index in [0.29, 0.717) is 23.9 Å². The molecule has 0 spiro atoms. The fraction of sp³-hybridized carbons (Fsp3) is 0.587. The average Bonchev–Trinajstić information content (AvgIpc) is 0.916. The van der Waals surface area contributed by atoms with Crippen LogP contribution in [0.4, 0.5) is 0 Å². The Kier molecular flexibility index (Phi) is 75.0. The summed E-state index contributed by atoms with van der Waals surface area (Å²) in [5, 5.41) is 0. The highest BCUT2D eigenvalue weighted by atomic mass is 31.2. The molecule has 0 aromatic heterocycles. The predicted octanol–water partition coefficient (Wildman–Crippen LogP) is 26.9. The average molecular weight is 1430 g/mol. The van der Waals surface area contributed by atoms with Crippen LogP contribution in [-0.4, -0.2) is 70.0 Å². The Hall–Kier alpha value is -5.67. The molecule has 0 bridgehead atoms. The lowest BCUT2D eigenvalue weighted by Gasteiger charge is -2.28. The van der Waals surface area contributed by atoms with Crippen LogP contribution in [-0.2, 0) is 32.7 Å². The van der Waals surface area contributed by atoms with Crippen LogP contribution in [0.1, 0.15) is 296 Å². The molecule has 0 aliphatic rings. The van der Waals surface area contributed by atoms with Crippen molar-refractivity contribution < 1.29 is 42.1 Å². The molecule has 0 aliphatic heterocycles. The number of quaternary nitrogens is 1. The van der Waals surface area contributed by atoms with Gasteiger partial charge < -0.3 is 27.9 Å². The van der Waals surface area contributed by atoms with Crippen molar-refractivity contribution in [3.8, 4) is 0 Å². The normalized spacial score (nSPS) is 14.2. The van der Waals surface area contributed by atoms with Gasteiger partial charge in [-0.1, -0.05) is 348 Å². The van der Waals surface area contributed by atoms with Crippen LogP contribution in [0.2, 0.25) is 0 Å². The number of carbonyl (C=O) groups is 2. The molecule has 0 saturated heterocycles. The van der Waals surface area contributed by atoms with Crippen LogP contribution in [0.25, 0.3) is 0 Å². The van der Waals surface area contributed by atoms with Gasteiger partial charge in [0.25, 0.3) is 7.82 Å². The minimum Gasteiger partial charge on any atom is -0.756 e. The number of phosphoric acid groups is 1. The van der Waals surface area contributed by atoms with Crippen molar-refractivity contribution in [1.29, 1.82) is 0 Å². The minimum atomic E-state index is -4.66. The van der Waals surface area contributed by atoms with E-state index in [4.69, 9.17) is 18.5 Å². The van der Waals surface area contributed by atoms with Crippen molar-refractivity contribution in [3.63, 3.8) is 0 Å². The maximum Gasteiger partial charge on any atom is 0.306 e. The van der Waals surface area contributed by atoms with Gasteiger partial charge in [-0.25, -0.2) is 0 Å². The maximum absolute atomic E-state index is 12.9. The van der Waals surface area contributed by atoms with Gasteiger partial charge in [-0.3, -0.25) is 14.2 Å². The summed E-state index contributed by atoms with van der Waals surface area (Å²) in [6.07, 6.45) is 126. The third-order valence-electron chi connectivity index (χ3n) is 16.5. The maximum atomic E-state index is 12.9. The first-order valence-electron chi connectivity index (χ1n) is 40.4. The summed E-state index contributed by atoms with van der Waals surface area (Å²) in [5.74, 6) is -0.850. The molecule has 10 heteroatoms. The van der Waals surface area contributed by atoms with E-state index in [2.05, 4.69) is 233 Å². The molecule has 0 radical (unpaired) electrons. The molecule has 2 unspecified atom stereocenters. The molecule has 0 N–H and O–H groups in total. The molecule has 0 heterocycles. The Balaban J connectivity index is 4.08. The van der Waals surface area contributed by atoms with Gasteiger partial charge in [0, 0.05) is 12.8 Å². The molecule has 2 atom stereocenters. The summed E-state index contributed by atoms with van der Waals surface area (Å²) in [4.78, 5) is 38.2. The van der Waals surface area contributed by atoms with Crippen molar-refractivity contribution in [2.24, 2.45) is 0 Å². The summed E-state index contributed by atoms with van der Waals surface area (Å²) in [5.41, 5.74) is 0. The van der Waals surface area contributed by atoms with E-state index in [1.54, 1.807) is 0 Å². The second-order valence-corrected chi connectivity index (χ2v) is 28.7. The topological polar surface area (TPSA) is 111 Å². The van der Waals surface area contributed by atoms with E-state index in [9.17, 15) is 19.0 Å². The van der Waals surface area contributed by atoms with Crippen LogP contribution < -0.4 is 4.89 Å². The molecule has 0 saturated carbocycles. The van der Waals surface area contributed by atoms with Crippen LogP contribution >= 0.6 is 7.82 Å². The molecule has 0 fully saturated rings. The number of rotatable bonds is 72. The lowest BCUT2D eigenvalue weighted by Crippen LogP contribution is -2.37. The van der Waals surface area contributed by atoms with Crippen molar-refractivity contribution >= 4 is 19.8 Å². The predicted molar refractivity (Wildman–Crippen MR) is 442 cm³/mol. The van der Waals surface area contributed by atoms with Gasteiger partial charge >= 0.3 is 11.9 Å². The highest BCUT2D eigenvalue weighted by Gasteiger charge is 2.22. The van der Waals surface area contributed by atoms with Crippen LogP contribution in [0.3, 0.4) is 0 Å². The number of likely N-dealkylation sites (N-methyl/N-ethyl adjacent to an activating group) is 1. The van der Waals surface area contributed by atoms with Crippen LogP contribution in [0.15, 0.2) is 219 Å². The van der Waals surface area contributed by atoms with Crippen molar-refractivity contribution in [3.05, 3.63) is 219 Å². The van der Waals surface area contributed by atoms with E-state index < -0.39 is 32.5 Å². The minimum absolute atomic E-state index is 0.0419. The smallest absolute Gasteiger partial charge is 0.306 e. The summed E-state index contributed by atoms with van der Waals surface area (Å²) >= 11 is 0. The van der Waals surface area contributed by atoms with Gasteiger partial charge in [0.1, 0.15) is 19.8 Å². The lowest BCUT2D eigenvalue weighted by atomic mass is 10.0. The first kappa shape index (κ1) is 96.3. The molecule has 574 valence electrons. The number of allylic oxidation sites excluding steroid dienone is 36. The largest absolute Gasteiger partial charge is 0.756 e. The number of nitrogens with zero attached hydrogens (tertiary/aromatic N) is 1. The number of phosphoric ester groups is 1. The summed E-state index contributed by atoms with van der Waals surface area (Å²) < 4.78 is 34.4. The molecular weight excluding hydrogens is 1280 g/mol. The summed E-state index contributed by atoms with van der Waals surface area (Å²) in [7, 11) is 1.14.